The van der Waals surface area contributed by atoms with Gasteiger partial charge in [-0.05, 0) is 49.8 Å². The van der Waals surface area contributed by atoms with Crippen LogP contribution in [-0.2, 0) is 11.2 Å². The third-order valence-corrected chi connectivity index (χ3v) is 4.39. The van der Waals surface area contributed by atoms with Crippen molar-refractivity contribution in [3.8, 4) is 0 Å². The summed E-state index contributed by atoms with van der Waals surface area (Å²) in [6.45, 7) is 0.996. The second-order valence-electron chi connectivity index (χ2n) is 5.70. The molecule has 1 heterocycles. The summed E-state index contributed by atoms with van der Waals surface area (Å²) in [6, 6.07) is 6.20. The SMILES string of the molecule is COC1CCC(NC(=O)c2cccc3c2CCCN3)C1. The first-order valence-electron chi connectivity index (χ1n) is 7.47. The van der Waals surface area contributed by atoms with Crippen molar-refractivity contribution in [1.29, 1.82) is 0 Å². The van der Waals surface area contributed by atoms with Gasteiger partial charge in [-0.2, -0.15) is 0 Å². The van der Waals surface area contributed by atoms with Crippen molar-refractivity contribution in [1.82, 2.24) is 5.32 Å². The number of amides is 1. The van der Waals surface area contributed by atoms with E-state index in [2.05, 4.69) is 16.7 Å². The molecular weight excluding hydrogens is 252 g/mol. The molecule has 0 bridgehead atoms. The van der Waals surface area contributed by atoms with Crippen LogP contribution in [0.4, 0.5) is 5.69 Å². The topological polar surface area (TPSA) is 50.4 Å². The lowest BCUT2D eigenvalue weighted by Crippen LogP contribution is -2.34. The average Bonchev–Trinajstić information content (AvgIpc) is 2.94. The molecular formula is C16H22N2O2. The Balaban J connectivity index is 1.71. The molecule has 1 aliphatic heterocycles. The van der Waals surface area contributed by atoms with E-state index >= 15 is 0 Å². The molecule has 1 amide bonds. The highest BCUT2D eigenvalue weighted by Gasteiger charge is 2.27. The maximum absolute atomic E-state index is 12.5. The molecule has 1 aliphatic carbocycles. The number of fused-ring (bicyclic) bond motifs is 1. The number of hydrogen-bond acceptors (Lipinski definition) is 3. The molecule has 1 aromatic carbocycles. The number of carbonyl (C=O) groups excluding carboxylic acids is 1. The molecule has 2 N–H and O–H groups in total. The van der Waals surface area contributed by atoms with E-state index < -0.39 is 0 Å². The Morgan fingerprint density at radius 2 is 2.30 bits per heavy atom. The van der Waals surface area contributed by atoms with E-state index in [0.29, 0.717) is 6.10 Å². The highest BCUT2D eigenvalue weighted by Crippen LogP contribution is 2.26. The quantitative estimate of drug-likeness (QED) is 0.889. The number of benzene rings is 1. The molecule has 2 unspecified atom stereocenters. The van der Waals surface area contributed by atoms with Gasteiger partial charge in [-0.1, -0.05) is 6.07 Å². The van der Waals surface area contributed by atoms with Crippen LogP contribution in [0.5, 0.6) is 0 Å². The monoisotopic (exact) mass is 274 g/mol. The third-order valence-electron chi connectivity index (χ3n) is 4.39. The van der Waals surface area contributed by atoms with Gasteiger partial charge in [0.25, 0.3) is 5.91 Å². The Kier molecular flexibility index (Phi) is 3.92. The normalized spacial score (nSPS) is 24.9. The Hall–Kier alpha value is -1.55. The van der Waals surface area contributed by atoms with Crippen LogP contribution >= 0.6 is 0 Å². The lowest BCUT2D eigenvalue weighted by Gasteiger charge is -2.21. The molecule has 1 saturated carbocycles. The Morgan fingerprint density at radius 1 is 1.40 bits per heavy atom. The maximum Gasteiger partial charge on any atom is 0.251 e. The van der Waals surface area contributed by atoms with Crippen molar-refractivity contribution >= 4 is 11.6 Å². The van der Waals surface area contributed by atoms with Gasteiger partial charge in [0.15, 0.2) is 0 Å². The highest BCUT2D eigenvalue weighted by molar-refractivity contribution is 5.97. The van der Waals surface area contributed by atoms with Crippen molar-refractivity contribution in [2.45, 2.75) is 44.2 Å². The first-order valence-corrected chi connectivity index (χ1v) is 7.47. The second-order valence-corrected chi connectivity index (χ2v) is 5.70. The second kappa shape index (κ2) is 5.83. The Labute approximate surface area is 119 Å². The summed E-state index contributed by atoms with van der Waals surface area (Å²) >= 11 is 0. The molecule has 0 radical (unpaired) electrons. The molecule has 3 rings (SSSR count). The fraction of sp³-hybridized carbons (Fsp3) is 0.562. The molecule has 4 nitrogen and oxygen atoms in total. The van der Waals surface area contributed by atoms with Crippen molar-refractivity contribution in [2.75, 3.05) is 19.0 Å². The summed E-state index contributed by atoms with van der Waals surface area (Å²) in [5, 5.41) is 6.53. The minimum Gasteiger partial charge on any atom is -0.385 e. The Morgan fingerprint density at radius 3 is 3.10 bits per heavy atom. The van der Waals surface area contributed by atoms with Gasteiger partial charge in [-0.3, -0.25) is 4.79 Å². The van der Waals surface area contributed by atoms with Crippen molar-refractivity contribution < 1.29 is 9.53 Å². The summed E-state index contributed by atoms with van der Waals surface area (Å²) in [7, 11) is 1.74. The number of carbonyl (C=O) groups is 1. The standard InChI is InChI=1S/C16H22N2O2/c1-20-12-8-7-11(10-12)18-16(19)14-4-2-6-15-13(14)5-3-9-17-15/h2,4,6,11-12,17H,3,5,7-10H2,1H3,(H,18,19). The zero-order chi connectivity index (χ0) is 13.9. The molecule has 0 spiro atoms. The van der Waals surface area contributed by atoms with E-state index in [-0.39, 0.29) is 11.9 Å². The summed E-state index contributed by atoms with van der Waals surface area (Å²) in [4.78, 5) is 12.5. The lowest BCUT2D eigenvalue weighted by atomic mass is 9.97. The summed E-state index contributed by atoms with van der Waals surface area (Å²) in [6.07, 6.45) is 5.35. The van der Waals surface area contributed by atoms with Gasteiger partial charge >= 0.3 is 0 Å². The number of ether oxygens (including phenoxy) is 1. The molecule has 0 aromatic heterocycles. The molecule has 2 aliphatic rings. The van der Waals surface area contributed by atoms with E-state index in [1.165, 1.54) is 0 Å². The number of hydrogen-bond donors (Lipinski definition) is 2. The van der Waals surface area contributed by atoms with E-state index in [1.807, 2.05) is 12.1 Å². The minimum atomic E-state index is 0.0623. The van der Waals surface area contributed by atoms with Crippen molar-refractivity contribution in [2.24, 2.45) is 0 Å². The van der Waals surface area contributed by atoms with Gasteiger partial charge in [0.2, 0.25) is 0 Å². The average molecular weight is 274 g/mol. The smallest absolute Gasteiger partial charge is 0.251 e. The van der Waals surface area contributed by atoms with Gasteiger partial charge in [-0.25, -0.2) is 0 Å². The van der Waals surface area contributed by atoms with Gasteiger partial charge in [0.05, 0.1) is 6.10 Å². The van der Waals surface area contributed by atoms with Crippen LogP contribution in [0.15, 0.2) is 18.2 Å². The minimum absolute atomic E-state index is 0.0623. The predicted molar refractivity (Wildman–Crippen MR) is 79.2 cm³/mol. The fourth-order valence-electron chi connectivity index (χ4n) is 3.27. The van der Waals surface area contributed by atoms with E-state index in [9.17, 15) is 4.79 Å². The molecule has 1 aromatic rings. The molecule has 20 heavy (non-hydrogen) atoms. The van der Waals surface area contributed by atoms with Crippen LogP contribution in [-0.4, -0.2) is 31.7 Å². The first-order chi connectivity index (χ1) is 9.78. The zero-order valence-electron chi connectivity index (χ0n) is 11.9. The van der Waals surface area contributed by atoms with Gasteiger partial charge in [0.1, 0.15) is 0 Å². The van der Waals surface area contributed by atoms with Crippen LogP contribution in [0.2, 0.25) is 0 Å². The highest BCUT2D eigenvalue weighted by atomic mass is 16.5. The first kappa shape index (κ1) is 13.4. The van der Waals surface area contributed by atoms with Gasteiger partial charge in [-0.15, -0.1) is 0 Å². The number of rotatable bonds is 3. The molecule has 4 heteroatoms. The van der Waals surface area contributed by atoms with Crippen molar-refractivity contribution in [3.05, 3.63) is 29.3 Å². The van der Waals surface area contributed by atoms with Crippen LogP contribution in [0.1, 0.15) is 41.6 Å². The summed E-state index contributed by atoms with van der Waals surface area (Å²) in [5.74, 6) is 0.0623. The van der Waals surface area contributed by atoms with Crippen LogP contribution in [0.25, 0.3) is 0 Å². The Bertz CT molecular complexity index is 501. The van der Waals surface area contributed by atoms with E-state index in [1.54, 1.807) is 7.11 Å². The summed E-state index contributed by atoms with van der Waals surface area (Å²) in [5.41, 5.74) is 3.11. The van der Waals surface area contributed by atoms with Crippen LogP contribution in [0, 0.1) is 0 Å². The largest absolute Gasteiger partial charge is 0.385 e. The van der Waals surface area contributed by atoms with Gasteiger partial charge in [0, 0.05) is 30.9 Å². The van der Waals surface area contributed by atoms with Gasteiger partial charge < -0.3 is 15.4 Å². The molecule has 1 fully saturated rings. The fourth-order valence-corrected chi connectivity index (χ4v) is 3.27. The van der Waals surface area contributed by atoms with E-state index in [4.69, 9.17) is 4.74 Å². The predicted octanol–water partition coefficient (Wildman–Crippen LogP) is 2.34. The maximum atomic E-state index is 12.5. The molecule has 0 saturated heterocycles. The summed E-state index contributed by atoms with van der Waals surface area (Å²) < 4.78 is 5.36. The van der Waals surface area contributed by atoms with Crippen LogP contribution < -0.4 is 10.6 Å². The molecule has 2 atom stereocenters. The van der Waals surface area contributed by atoms with E-state index in [0.717, 1.165) is 55.5 Å². The zero-order valence-corrected chi connectivity index (χ0v) is 11.9. The van der Waals surface area contributed by atoms with Crippen LogP contribution in [0.3, 0.4) is 0 Å². The van der Waals surface area contributed by atoms with Crippen molar-refractivity contribution in [3.63, 3.8) is 0 Å². The third kappa shape index (κ3) is 2.66. The molecule has 108 valence electrons. The number of methoxy groups -OCH3 is 1. The lowest BCUT2D eigenvalue weighted by molar-refractivity contribution is 0.0914. The number of anilines is 1. The number of nitrogens with one attached hydrogen (secondary N) is 2.